The predicted octanol–water partition coefficient (Wildman–Crippen LogP) is 2.77. The van der Waals surface area contributed by atoms with E-state index in [1.54, 1.807) is 9.80 Å². The molecule has 1 amide bonds. The maximum absolute atomic E-state index is 14.6. The minimum atomic E-state index is -3.52. The maximum Gasteiger partial charge on any atom is 0.257 e. The molecule has 0 N–H and O–H groups in total. The van der Waals surface area contributed by atoms with E-state index in [1.165, 1.54) is 30.3 Å². The van der Waals surface area contributed by atoms with E-state index in [0.717, 1.165) is 18.6 Å². The van der Waals surface area contributed by atoms with Crippen molar-refractivity contribution in [2.45, 2.75) is 36.2 Å². The number of anilines is 1. The highest BCUT2D eigenvalue weighted by Gasteiger charge is 2.27. The Morgan fingerprint density at radius 2 is 1.53 bits per heavy atom. The van der Waals surface area contributed by atoms with Gasteiger partial charge < -0.3 is 14.5 Å². The molecule has 1 aliphatic rings. The second kappa shape index (κ2) is 9.91. The van der Waals surface area contributed by atoms with Crippen LogP contribution in [0, 0.1) is 5.82 Å². The first-order valence-corrected chi connectivity index (χ1v) is 14.6. The van der Waals surface area contributed by atoms with Crippen molar-refractivity contribution in [1.29, 1.82) is 0 Å². The number of sulfone groups is 2. The standard InChI is InChI=1S/C23H29FN2O6S2/c1-5-16(2)32-22-9-7-17(33(3,28)29)14-19(22)23(27)26-12-10-25(11-13-26)21-8-6-18(15-20(21)24)34(4,30)31/h6-9,14-16H,5,10-13H2,1-4H3. The third-order valence-electron chi connectivity index (χ3n) is 5.77. The average molecular weight is 513 g/mol. The normalized spacial score (nSPS) is 15.8. The summed E-state index contributed by atoms with van der Waals surface area (Å²) in [4.78, 5) is 16.6. The van der Waals surface area contributed by atoms with Crippen LogP contribution in [-0.4, -0.2) is 72.4 Å². The fourth-order valence-electron chi connectivity index (χ4n) is 3.61. The molecule has 0 bridgehead atoms. The second-order valence-electron chi connectivity index (χ2n) is 8.43. The number of nitrogens with zero attached hydrogens (tertiary/aromatic N) is 2. The molecule has 2 aromatic carbocycles. The summed E-state index contributed by atoms with van der Waals surface area (Å²) in [6.07, 6.45) is 2.65. The van der Waals surface area contributed by atoms with Crippen LogP contribution < -0.4 is 9.64 Å². The molecule has 186 valence electrons. The van der Waals surface area contributed by atoms with Crippen LogP contribution in [0.5, 0.6) is 5.75 Å². The lowest BCUT2D eigenvalue weighted by atomic mass is 10.1. The smallest absolute Gasteiger partial charge is 0.257 e. The van der Waals surface area contributed by atoms with Gasteiger partial charge in [-0.3, -0.25) is 4.79 Å². The molecule has 0 saturated carbocycles. The average Bonchev–Trinajstić information content (AvgIpc) is 2.77. The number of amides is 1. The topological polar surface area (TPSA) is 101 Å². The molecule has 1 heterocycles. The van der Waals surface area contributed by atoms with Gasteiger partial charge >= 0.3 is 0 Å². The molecular weight excluding hydrogens is 483 g/mol. The monoisotopic (exact) mass is 512 g/mol. The number of carbonyl (C=O) groups is 1. The van der Waals surface area contributed by atoms with Crippen LogP contribution in [0.25, 0.3) is 0 Å². The van der Waals surface area contributed by atoms with Gasteiger partial charge in [0.2, 0.25) is 0 Å². The van der Waals surface area contributed by atoms with Crippen LogP contribution in [-0.2, 0) is 19.7 Å². The Bertz CT molecular complexity index is 1290. The maximum atomic E-state index is 14.6. The van der Waals surface area contributed by atoms with Gasteiger partial charge in [-0.05, 0) is 49.7 Å². The lowest BCUT2D eigenvalue weighted by molar-refractivity contribution is 0.0739. The van der Waals surface area contributed by atoms with Gasteiger partial charge in [-0.15, -0.1) is 0 Å². The van der Waals surface area contributed by atoms with Crippen LogP contribution in [0.2, 0.25) is 0 Å². The zero-order valence-corrected chi connectivity index (χ0v) is 21.2. The van der Waals surface area contributed by atoms with Crippen molar-refractivity contribution in [2.75, 3.05) is 43.6 Å². The summed E-state index contributed by atoms with van der Waals surface area (Å²) < 4.78 is 67.9. The first kappa shape index (κ1) is 26.0. The molecule has 1 aliphatic heterocycles. The lowest BCUT2D eigenvalue weighted by Crippen LogP contribution is -2.49. The minimum absolute atomic E-state index is 0.0269. The van der Waals surface area contributed by atoms with Crippen LogP contribution in [0.4, 0.5) is 10.1 Å². The van der Waals surface area contributed by atoms with Gasteiger partial charge in [0.15, 0.2) is 19.7 Å². The van der Waals surface area contributed by atoms with Crippen molar-refractivity contribution in [1.82, 2.24) is 4.90 Å². The summed E-state index contributed by atoms with van der Waals surface area (Å²) >= 11 is 0. The van der Waals surface area contributed by atoms with Crippen molar-refractivity contribution in [3.8, 4) is 5.75 Å². The first-order chi connectivity index (χ1) is 15.8. The van der Waals surface area contributed by atoms with Crippen molar-refractivity contribution in [3.63, 3.8) is 0 Å². The van der Waals surface area contributed by atoms with E-state index in [0.29, 0.717) is 25.3 Å². The number of hydrogen-bond donors (Lipinski definition) is 0. The van der Waals surface area contributed by atoms with Crippen molar-refractivity contribution in [3.05, 3.63) is 47.8 Å². The Balaban J connectivity index is 1.81. The minimum Gasteiger partial charge on any atom is -0.490 e. The van der Waals surface area contributed by atoms with Crippen LogP contribution in [0.15, 0.2) is 46.2 Å². The van der Waals surface area contributed by atoms with Gasteiger partial charge in [0.1, 0.15) is 11.6 Å². The predicted molar refractivity (Wildman–Crippen MR) is 128 cm³/mol. The van der Waals surface area contributed by atoms with Gasteiger partial charge in [-0.25, -0.2) is 21.2 Å². The Morgan fingerprint density at radius 1 is 0.971 bits per heavy atom. The summed E-state index contributed by atoms with van der Waals surface area (Å²) in [5, 5.41) is 0. The third kappa shape index (κ3) is 5.87. The molecule has 2 aromatic rings. The number of hydrogen-bond acceptors (Lipinski definition) is 7. The number of piperazine rings is 1. The van der Waals surface area contributed by atoms with E-state index < -0.39 is 25.5 Å². The molecular formula is C23H29FN2O6S2. The van der Waals surface area contributed by atoms with Crippen molar-refractivity contribution < 1.29 is 30.8 Å². The zero-order chi connectivity index (χ0) is 25.3. The largest absolute Gasteiger partial charge is 0.490 e. The van der Waals surface area contributed by atoms with Crippen LogP contribution >= 0.6 is 0 Å². The van der Waals surface area contributed by atoms with E-state index in [4.69, 9.17) is 4.74 Å². The number of benzene rings is 2. The molecule has 1 unspecified atom stereocenters. The second-order valence-corrected chi connectivity index (χ2v) is 12.5. The number of carbonyl (C=O) groups excluding carboxylic acids is 1. The molecule has 11 heteroatoms. The fourth-order valence-corrected chi connectivity index (χ4v) is 4.89. The van der Waals surface area contributed by atoms with Crippen molar-refractivity contribution in [2.24, 2.45) is 0 Å². The Labute approximate surface area is 200 Å². The third-order valence-corrected chi connectivity index (χ3v) is 7.99. The molecule has 0 spiro atoms. The summed E-state index contributed by atoms with van der Waals surface area (Å²) in [6.45, 7) is 5.01. The molecule has 0 aromatic heterocycles. The summed E-state index contributed by atoms with van der Waals surface area (Å²) in [7, 11) is -7.04. The lowest BCUT2D eigenvalue weighted by Gasteiger charge is -2.36. The molecule has 1 saturated heterocycles. The summed E-state index contributed by atoms with van der Waals surface area (Å²) in [5.74, 6) is -0.694. The van der Waals surface area contributed by atoms with Gasteiger partial charge in [0.05, 0.1) is 27.1 Å². The Kier molecular flexibility index (Phi) is 7.56. The SMILES string of the molecule is CCC(C)Oc1ccc(S(C)(=O)=O)cc1C(=O)N1CCN(c2ccc(S(C)(=O)=O)cc2F)CC1. The molecule has 8 nitrogen and oxygen atoms in total. The Hall–Kier alpha value is -2.66. The van der Waals surface area contributed by atoms with E-state index in [1.807, 2.05) is 13.8 Å². The molecule has 3 rings (SSSR count). The molecule has 1 atom stereocenters. The molecule has 0 radical (unpaired) electrons. The number of ether oxygens (including phenoxy) is 1. The Morgan fingerprint density at radius 3 is 2.06 bits per heavy atom. The number of rotatable bonds is 7. The van der Waals surface area contributed by atoms with Gasteiger partial charge in [-0.2, -0.15) is 0 Å². The van der Waals surface area contributed by atoms with E-state index >= 15 is 0 Å². The molecule has 34 heavy (non-hydrogen) atoms. The highest BCUT2D eigenvalue weighted by molar-refractivity contribution is 7.91. The van der Waals surface area contributed by atoms with Gasteiger partial charge in [0.25, 0.3) is 5.91 Å². The highest BCUT2D eigenvalue weighted by atomic mass is 32.2. The zero-order valence-electron chi connectivity index (χ0n) is 19.6. The van der Waals surface area contributed by atoms with Crippen LogP contribution in [0.3, 0.4) is 0 Å². The summed E-state index contributed by atoms with van der Waals surface area (Å²) in [6, 6.07) is 8.05. The van der Waals surface area contributed by atoms with Crippen molar-refractivity contribution >= 4 is 31.3 Å². The van der Waals surface area contributed by atoms with Gasteiger partial charge in [-0.1, -0.05) is 6.92 Å². The van der Waals surface area contributed by atoms with E-state index in [2.05, 4.69) is 0 Å². The van der Waals surface area contributed by atoms with E-state index in [-0.39, 0.29) is 46.1 Å². The van der Waals surface area contributed by atoms with Crippen LogP contribution in [0.1, 0.15) is 30.6 Å². The highest BCUT2D eigenvalue weighted by Crippen LogP contribution is 2.28. The number of halogens is 1. The molecule has 1 fully saturated rings. The fraction of sp³-hybridized carbons (Fsp3) is 0.435. The van der Waals surface area contributed by atoms with E-state index in [9.17, 15) is 26.0 Å². The quantitative estimate of drug-likeness (QED) is 0.562. The molecule has 0 aliphatic carbocycles. The summed E-state index contributed by atoms with van der Waals surface area (Å²) in [5.41, 5.74) is 0.430. The first-order valence-electron chi connectivity index (χ1n) is 10.9. The van der Waals surface area contributed by atoms with Gasteiger partial charge in [0, 0.05) is 38.7 Å².